The van der Waals surface area contributed by atoms with E-state index in [9.17, 15) is 4.79 Å². The van der Waals surface area contributed by atoms with Crippen LogP contribution < -0.4 is 5.32 Å². The van der Waals surface area contributed by atoms with Gasteiger partial charge in [-0.3, -0.25) is 9.69 Å². The molecule has 1 saturated heterocycles. The normalized spacial score (nSPS) is 16.8. The Bertz CT molecular complexity index is 940. The zero-order chi connectivity index (χ0) is 20.1. The SMILES string of the molecule is O=C(CCc1ncc(-c2ccc(Cl)cc2)o1)N[C@H]1CCN(Cc2ccccc2)C1. The molecular weight excluding hydrogens is 386 g/mol. The van der Waals surface area contributed by atoms with Gasteiger partial charge in [-0.1, -0.05) is 41.9 Å². The molecule has 1 aromatic heterocycles. The molecule has 1 aliphatic heterocycles. The van der Waals surface area contributed by atoms with Gasteiger partial charge < -0.3 is 9.73 Å². The molecule has 29 heavy (non-hydrogen) atoms. The highest BCUT2D eigenvalue weighted by Gasteiger charge is 2.23. The molecular formula is C23H24ClN3O2. The van der Waals surface area contributed by atoms with E-state index in [0.717, 1.165) is 31.6 Å². The maximum absolute atomic E-state index is 12.3. The number of hydrogen-bond acceptors (Lipinski definition) is 4. The molecule has 150 valence electrons. The van der Waals surface area contributed by atoms with Crippen molar-refractivity contribution in [1.82, 2.24) is 15.2 Å². The fraction of sp³-hybridized carbons (Fsp3) is 0.304. The van der Waals surface area contributed by atoms with Gasteiger partial charge >= 0.3 is 0 Å². The predicted molar refractivity (Wildman–Crippen MR) is 114 cm³/mol. The molecule has 2 aromatic carbocycles. The largest absolute Gasteiger partial charge is 0.441 e. The maximum Gasteiger partial charge on any atom is 0.220 e. The van der Waals surface area contributed by atoms with Crippen molar-refractivity contribution in [3.8, 4) is 11.3 Å². The molecule has 0 bridgehead atoms. The summed E-state index contributed by atoms with van der Waals surface area (Å²) in [6.07, 6.45) is 3.53. The molecule has 1 atom stereocenters. The molecule has 1 N–H and O–H groups in total. The van der Waals surface area contributed by atoms with Crippen LogP contribution >= 0.6 is 11.6 Å². The van der Waals surface area contributed by atoms with Crippen LogP contribution in [0.2, 0.25) is 5.02 Å². The summed E-state index contributed by atoms with van der Waals surface area (Å²) in [5.41, 5.74) is 2.22. The van der Waals surface area contributed by atoms with E-state index >= 15 is 0 Å². The number of aryl methyl sites for hydroxylation is 1. The zero-order valence-electron chi connectivity index (χ0n) is 16.2. The fourth-order valence-corrected chi connectivity index (χ4v) is 3.76. The number of nitrogens with zero attached hydrogens (tertiary/aromatic N) is 2. The van der Waals surface area contributed by atoms with Crippen molar-refractivity contribution < 1.29 is 9.21 Å². The third kappa shape index (κ3) is 5.46. The molecule has 0 aliphatic carbocycles. The van der Waals surface area contributed by atoms with Gasteiger partial charge in [-0.2, -0.15) is 0 Å². The van der Waals surface area contributed by atoms with Gasteiger partial charge in [-0.15, -0.1) is 0 Å². The van der Waals surface area contributed by atoms with Crippen molar-refractivity contribution in [3.63, 3.8) is 0 Å². The van der Waals surface area contributed by atoms with E-state index in [4.69, 9.17) is 16.0 Å². The summed E-state index contributed by atoms with van der Waals surface area (Å²) in [4.78, 5) is 19.0. The number of amides is 1. The number of rotatable bonds is 7. The second-order valence-corrected chi connectivity index (χ2v) is 7.84. The first kappa shape index (κ1) is 19.7. The Kier molecular flexibility index (Phi) is 6.27. The Labute approximate surface area is 175 Å². The van der Waals surface area contributed by atoms with Crippen LogP contribution in [0.4, 0.5) is 0 Å². The number of hydrogen-bond donors (Lipinski definition) is 1. The van der Waals surface area contributed by atoms with Gasteiger partial charge in [0.15, 0.2) is 11.7 Å². The molecule has 1 aliphatic rings. The van der Waals surface area contributed by atoms with Crippen LogP contribution in [0.3, 0.4) is 0 Å². The highest BCUT2D eigenvalue weighted by molar-refractivity contribution is 6.30. The van der Waals surface area contributed by atoms with E-state index in [2.05, 4.69) is 39.5 Å². The van der Waals surface area contributed by atoms with Crippen molar-refractivity contribution in [3.05, 3.63) is 77.3 Å². The number of carbonyl (C=O) groups is 1. The molecule has 4 rings (SSSR count). The predicted octanol–water partition coefficient (Wildman–Crippen LogP) is 4.32. The molecule has 0 radical (unpaired) electrons. The van der Waals surface area contributed by atoms with E-state index in [1.54, 1.807) is 6.20 Å². The summed E-state index contributed by atoms with van der Waals surface area (Å²) in [6, 6.07) is 18.0. The fourth-order valence-electron chi connectivity index (χ4n) is 3.63. The minimum Gasteiger partial charge on any atom is -0.441 e. The molecule has 2 heterocycles. The summed E-state index contributed by atoms with van der Waals surface area (Å²) in [7, 11) is 0. The van der Waals surface area contributed by atoms with Gasteiger partial charge in [-0.25, -0.2) is 4.98 Å². The minimum atomic E-state index is 0.0443. The van der Waals surface area contributed by atoms with E-state index < -0.39 is 0 Å². The lowest BCUT2D eigenvalue weighted by molar-refractivity contribution is -0.121. The summed E-state index contributed by atoms with van der Waals surface area (Å²) in [5, 5.41) is 3.82. The number of oxazole rings is 1. The van der Waals surface area contributed by atoms with E-state index in [-0.39, 0.29) is 11.9 Å². The standard InChI is InChI=1S/C23H24ClN3O2/c24-19-8-6-18(7-9-19)21-14-25-23(29-21)11-10-22(28)26-20-12-13-27(16-20)15-17-4-2-1-3-5-17/h1-9,14,20H,10-13,15-16H2,(H,26,28)/t20-/m0/s1. The first-order valence-electron chi connectivity index (χ1n) is 9.92. The van der Waals surface area contributed by atoms with E-state index in [1.807, 2.05) is 30.3 Å². The smallest absolute Gasteiger partial charge is 0.220 e. The first-order chi connectivity index (χ1) is 14.2. The summed E-state index contributed by atoms with van der Waals surface area (Å²) in [6.45, 7) is 2.82. The van der Waals surface area contributed by atoms with Crippen molar-refractivity contribution >= 4 is 17.5 Å². The van der Waals surface area contributed by atoms with Crippen LogP contribution in [0, 0.1) is 0 Å². The Hall–Kier alpha value is -2.63. The van der Waals surface area contributed by atoms with E-state index in [0.29, 0.717) is 29.5 Å². The van der Waals surface area contributed by atoms with Crippen molar-refractivity contribution in [2.24, 2.45) is 0 Å². The Balaban J connectivity index is 1.22. The number of aromatic nitrogens is 1. The molecule has 1 amide bonds. The number of likely N-dealkylation sites (tertiary alicyclic amines) is 1. The number of halogens is 1. The summed E-state index contributed by atoms with van der Waals surface area (Å²) >= 11 is 5.91. The Morgan fingerprint density at radius 3 is 2.76 bits per heavy atom. The van der Waals surface area contributed by atoms with Gasteiger partial charge in [0.05, 0.1) is 6.20 Å². The molecule has 3 aromatic rings. The molecule has 6 heteroatoms. The number of carbonyl (C=O) groups excluding carboxylic acids is 1. The minimum absolute atomic E-state index is 0.0443. The van der Waals surface area contributed by atoms with Crippen LogP contribution in [0.1, 0.15) is 24.3 Å². The van der Waals surface area contributed by atoms with E-state index in [1.165, 1.54) is 5.56 Å². The summed E-state index contributed by atoms with van der Waals surface area (Å²) < 4.78 is 5.77. The quantitative estimate of drug-likeness (QED) is 0.631. The van der Waals surface area contributed by atoms with Gasteiger partial charge in [-0.05, 0) is 36.2 Å². The molecule has 0 spiro atoms. The lowest BCUT2D eigenvalue weighted by Crippen LogP contribution is -2.37. The Morgan fingerprint density at radius 2 is 1.97 bits per heavy atom. The van der Waals surface area contributed by atoms with Crippen molar-refractivity contribution in [2.45, 2.75) is 31.8 Å². The van der Waals surface area contributed by atoms with Crippen molar-refractivity contribution in [1.29, 1.82) is 0 Å². The molecule has 0 unspecified atom stereocenters. The third-order valence-electron chi connectivity index (χ3n) is 5.13. The highest BCUT2D eigenvalue weighted by atomic mass is 35.5. The second-order valence-electron chi connectivity index (χ2n) is 7.40. The van der Waals surface area contributed by atoms with Crippen LogP contribution in [-0.4, -0.2) is 34.9 Å². The first-order valence-corrected chi connectivity index (χ1v) is 10.3. The summed E-state index contributed by atoms with van der Waals surface area (Å²) in [5.74, 6) is 1.30. The lowest BCUT2D eigenvalue weighted by atomic mass is 10.2. The van der Waals surface area contributed by atoms with Gasteiger partial charge in [0.25, 0.3) is 0 Å². The van der Waals surface area contributed by atoms with Crippen LogP contribution in [0.25, 0.3) is 11.3 Å². The molecule has 1 fully saturated rings. The number of nitrogens with one attached hydrogen (secondary N) is 1. The average Bonchev–Trinajstić information content (AvgIpc) is 3.37. The third-order valence-corrected chi connectivity index (χ3v) is 5.39. The average molecular weight is 410 g/mol. The van der Waals surface area contributed by atoms with Crippen molar-refractivity contribution in [2.75, 3.05) is 13.1 Å². The topological polar surface area (TPSA) is 58.4 Å². The highest BCUT2D eigenvalue weighted by Crippen LogP contribution is 2.22. The Morgan fingerprint density at radius 1 is 1.17 bits per heavy atom. The van der Waals surface area contributed by atoms with Gasteiger partial charge in [0.2, 0.25) is 5.91 Å². The second kappa shape index (κ2) is 9.25. The molecule has 0 saturated carbocycles. The molecule has 5 nitrogen and oxygen atoms in total. The van der Waals surface area contributed by atoms with Crippen LogP contribution in [0.5, 0.6) is 0 Å². The van der Waals surface area contributed by atoms with Crippen LogP contribution in [0.15, 0.2) is 65.2 Å². The van der Waals surface area contributed by atoms with Gasteiger partial charge in [0.1, 0.15) is 0 Å². The van der Waals surface area contributed by atoms with Crippen LogP contribution in [-0.2, 0) is 17.8 Å². The monoisotopic (exact) mass is 409 g/mol. The number of benzene rings is 2. The lowest BCUT2D eigenvalue weighted by Gasteiger charge is -2.16. The zero-order valence-corrected chi connectivity index (χ0v) is 16.9. The maximum atomic E-state index is 12.3. The van der Waals surface area contributed by atoms with Gasteiger partial charge in [0, 0.05) is 49.1 Å².